The van der Waals surface area contributed by atoms with Gasteiger partial charge in [-0.1, -0.05) is 138 Å². The predicted molar refractivity (Wildman–Crippen MR) is 201 cm³/mol. The van der Waals surface area contributed by atoms with Crippen LogP contribution in [-0.2, 0) is 6.42 Å². The van der Waals surface area contributed by atoms with E-state index in [0.29, 0.717) is 14.4 Å². The van der Waals surface area contributed by atoms with Gasteiger partial charge in [0.15, 0.2) is 4.80 Å². The number of hydrogen-bond acceptors (Lipinski definition) is 3. The maximum Gasteiger partial charge on any atom is 0.271 e. The molecule has 1 atom stereocenters. The number of allylic oxidation sites excluding steroid dienone is 1. The van der Waals surface area contributed by atoms with Crippen molar-refractivity contribution in [1.82, 2.24) is 9.13 Å². The molecule has 49 heavy (non-hydrogen) atoms. The fourth-order valence-electron chi connectivity index (χ4n) is 7.31. The molecule has 5 aromatic carbocycles. The molecule has 0 saturated carbocycles. The molecule has 0 saturated heterocycles. The summed E-state index contributed by atoms with van der Waals surface area (Å²) in [7, 11) is 0. The summed E-state index contributed by atoms with van der Waals surface area (Å²) < 4.78 is 4.86. The van der Waals surface area contributed by atoms with Crippen LogP contribution in [0.15, 0.2) is 161 Å². The summed E-state index contributed by atoms with van der Waals surface area (Å²) in [4.78, 5) is 20.6. The van der Waals surface area contributed by atoms with E-state index in [9.17, 15) is 4.79 Å². The summed E-state index contributed by atoms with van der Waals surface area (Å²) >= 11 is 7.80. The minimum absolute atomic E-state index is 0.0400. The van der Waals surface area contributed by atoms with Crippen LogP contribution in [0, 0.1) is 0 Å². The fourth-order valence-corrected chi connectivity index (χ4v) is 8.42. The highest BCUT2D eigenvalue weighted by Crippen LogP contribution is 2.42. The first-order valence-electron chi connectivity index (χ1n) is 16.4. The smallest absolute Gasteiger partial charge is 0.271 e. The number of thiazole rings is 1. The average Bonchev–Trinajstić information content (AvgIpc) is 3.69. The molecule has 0 bridgehead atoms. The van der Waals surface area contributed by atoms with Crippen LogP contribution in [0.2, 0.25) is 5.02 Å². The Kier molecular flexibility index (Phi) is 7.37. The maximum atomic E-state index is 14.7. The van der Waals surface area contributed by atoms with Gasteiger partial charge in [-0.05, 0) is 77.1 Å². The molecule has 0 amide bonds. The molecular weight excluding hydrogens is 642 g/mol. The van der Waals surface area contributed by atoms with Gasteiger partial charge in [0, 0.05) is 21.8 Å². The molecule has 2 aromatic heterocycles. The number of fused-ring (bicyclic) bond motifs is 3. The summed E-state index contributed by atoms with van der Waals surface area (Å²) in [5, 5.41) is 0.671. The summed E-state index contributed by atoms with van der Waals surface area (Å²) in [5.74, 6) is 0. The second-order valence-corrected chi connectivity index (χ2v) is 13.8. The molecule has 0 fully saturated rings. The Morgan fingerprint density at radius 3 is 2.12 bits per heavy atom. The van der Waals surface area contributed by atoms with Crippen molar-refractivity contribution in [2.75, 3.05) is 0 Å². The van der Waals surface area contributed by atoms with Gasteiger partial charge in [0.05, 0.1) is 27.7 Å². The van der Waals surface area contributed by atoms with Gasteiger partial charge in [0.25, 0.3) is 5.56 Å². The lowest BCUT2D eigenvalue weighted by Gasteiger charge is -2.30. The Labute approximate surface area is 292 Å². The summed E-state index contributed by atoms with van der Waals surface area (Å²) in [6.07, 6.45) is 3.81. The van der Waals surface area contributed by atoms with Gasteiger partial charge >= 0.3 is 0 Å². The lowest BCUT2D eigenvalue weighted by molar-refractivity contribution is 0.585. The fraction of sp³-hybridized carbons (Fsp3) is 0.0698. The molecule has 4 nitrogen and oxygen atoms in total. The molecule has 3 heterocycles. The van der Waals surface area contributed by atoms with Crippen molar-refractivity contribution < 1.29 is 0 Å². The van der Waals surface area contributed by atoms with Crippen LogP contribution in [0.5, 0.6) is 0 Å². The van der Waals surface area contributed by atoms with Gasteiger partial charge in [0.1, 0.15) is 0 Å². The molecule has 1 aliphatic carbocycles. The quantitative estimate of drug-likeness (QED) is 0.180. The molecule has 9 rings (SSSR count). The SMILES string of the molecule is O=c1/c(=C\c2cc(-c3ccccc3)n(-c3ccccc3)c2-c2ccccc2)sc2n1[C@@H](c1ccc(Cl)cc1)C1=C(N=2)c2ccccc2CC1. The molecule has 0 spiro atoms. The van der Waals surface area contributed by atoms with Crippen LogP contribution < -0.4 is 14.9 Å². The van der Waals surface area contributed by atoms with E-state index in [2.05, 4.69) is 114 Å². The summed E-state index contributed by atoms with van der Waals surface area (Å²) in [5.41, 5.74) is 11.9. The lowest BCUT2D eigenvalue weighted by atomic mass is 9.83. The number of hydrogen-bond donors (Lipinski definition) is 0. The second-order valence-electron chi connectivity index (χ2n) is 12.4. The van der Waals surface area contributed by atoms with Gasteiger partial charge in [-0.3, -0.25) is 9.36 Å². The minimum atomic E-state index is -0.263. The van der Waals surface area contributed by atoms with E-state index in [1.165, 1.54) is 22.5 Å². The number of halogens is 1. The van der Waals surface area contributed by atoms with Crippen molar-refractivity contribution in [3.05, 3.63) is 198 Å². The van der Waals surface area contributed by atoms with E-state index in [1.54, 1.807) is 0 Å². The van der Waals surface area contributed by atoms with Crippen molar-refractivity contribution in [2.24, 2.45) is 4.99 Å². The van der Waals surface area contributed by atoms with E-state index in [1.807, 2.05) is 47.0 Å². The highest BCUT2D eigenvalue weighted by Gasteiger charge is 2.32. The van der Waals surface area contributed by atoms with Crippen molar-refractivity contribution in [3.8, 4) is 28.2 Å². The molecule has 2 aliphatic rings. The van der Waals surface area contributed by atoms with E-state index in [-0.39, 0.29) is 11.6 Å². The van der Waals surface area contributed by atoms with Crippen LogP contribution >= 0.6 is 22.9 Å². The molecule has 6 heteroatoms. The Morgan fingerprint density at radius 2 is 1.39 bits per heavy atom. The van der Waals surface area contributed by atoms with E-state index in [0.717, 1.165) is 63.4 Å². The molecule has 236 valence electrons. The predicted octanol–water partition coefficient (Wildman–Crippen LogP) is 9.10. The third-order valence-corrected chi connectivity index (χ3v) is 10.7. The molecule has 0 unspecified atom stereocenters. The largest absolute Gasteiger partial charge is 0.309 e. The number of aromatic nitrogens is 2. The molecule has 0 radical (unpaired) electrons. The van der Waals surface area contributed by atoms with Gasteiger partial charge in [0.2, 0.25) is 0 Å². The van der Waals surface area contributed by atoms with Gasteiger partial charge in [-0.15, -0.1) is 0 Å². The second kappa shape index (κ2) is 12.2. The Bertz CT molecular complexity index is 2560. The zero-order valence-electron chi connectivity index (χ0n) is 26.5. The highest BCUT2D eigenvalue weighted by molar-refractivity contribution is 7.07. The van der Waals surface area contributed by atoms with E-state index < -0.39 is 0 Å². The normalized spacial score (nSPS) is 15.4. The third-order valence-electron chi connectivity index (χ3n) is 9.51. The van der Waals surface area contributed by atoms with Crippen LogP contribution in [-0.4, -0.2) is 9.13 Å². The zero-order valence-corrected chi connectivity index (χ0v) is 28.0. The van der Waals surface area contributed by atoms with Crippen molar-refractivity contribution in [1.29, 1.82) is 0 Å². The van der Waals surface area contributed by atoms with Gasteiger partial charge < -0.3 is 4.57 Å². The van der Waals surface area contributed by atoms with Crippen LogP contribution in [0.25, 0.3) is 40.0 Å². The maximum absolute atomic E-state index is 14.7. The van der Waals surface area contributed by atoms with Crippen LogP contribution in [0.3, 0.4) is 0 Å². The molecule has 1 aliphatic heterocycles. The topological polar surface area (TPSA) is 39.3 Å². The van der Waals surface area contributed by atoms with Crippen LogP contribution in [0.4, 0.5) is 0 Å². The van der Waals surface area contributed by atoms with Crippen molar-refractivity contribution in [3.63, 3.8) is 0 Å². The average molecular weight is 672 g/mol. The first kappa shape index (κ1) is 29.6. The zero-order chi connectivity index (χ0) is 32.9. The van der Waals surface area contributed by atoms with Gasteiger partial charge in [-0.2, -0.15) is 0 Å². The molecular formula is C43H30ClN3OS. The Balaban J connectivity index is 1.32. The summed E-state index contributed by atoms with van der Waals surface area (Å²) in [6, 6.07) is 49.6. The third kappa shape index (κ3) is 5.14. The lowest BCUT2D eigenvalue weighted by Crippen LogP contribution is -2.38. The Hall–Kier alpha value is -5.49. The monoisotopic (exact) mass is 671 g/mol. The van der Waals surface area contributed by atoms with Crippen molar-refractivity contribution in [2.45, 2.75) is 18.9 Å². The van der Waals surface area contributed by atoms with E-state index in [4.69, 9.17) is 16.6 Å². The number of para-hydroxylation sites is 1. The number of nitrogens with zero attached hydrogens (tertiary/aromatic N) is 3. The standard InChI is InChI=1S/C43H30ClN3OS/c44-33-23-20-31(21-24-33)41-36-25-22-28-12-10-11-19-35(28)39(36)45-43-47(41)42(48)38(49-43)27-32-26-37(29-13-4-1-5-14-29)46(34-17-8-3-9-18-34)40(32)30-15-6-2-7-16-30/h1-21,23-24,26-27,41H,22,25H2/b38-27+/t41-/m0/s1. The summed E-state index contributed by atoms with van der Waals surface area (Å²) in [6.45, 7) is 0. The molecule has 0 N–H and O–H groups in total. The highest BCUT2D eigenvalue weighted by atomic mass is 35.5. The molecule has 7 aromatic rings. The van der Waals surface area contributed by atoms with Crippen LogP contribution in [0.1, 0.15) is 34.7 Å². The first-order valence-corrected chi connectivity index (χ1v) is 17.6. The number of rotatable bonds is 5. The van der Waals surface area contributed by atoms with Crippen molar-refractivity contribution >= 4 is 34.7 Å². The van der Waals surface area contributed by atoms with E-state index >= 15 is 0 Å². The number of aryl methyl sites for hydroxylation is 1. The minimum Gasteiger partial charge on any atom is -0.309 e. The number of benzene rings is 5. The Morgan fingerprint density at radius 1 is 0.735 bits per heavy atom. The first-order chi connectivity index (χ1) is 24.1. The van der Waals surface area contributed by atoms with Gasteiger partial charge in [-0.25, -0.2) is 4.99 Å².